The zero-order valence-corrected chi connectivity index (χ0v) is 13.1. The van der Waals surface area contributed by atoms with Crippen molar-refractivity contribution in [1.29, 1.82) is 0 Å². The molecule has 2 aromatic rings. The number of rotatable bonds is 2. The van der Waals surface area contributed by atoms with Crippen molar-refractivity contribution < 1.29 is 19.4 Å². The highest BCUT2D eigenvalue weighted by Crippen LogP contribution is 2.29. The lowest BCUT2D eigenvalue weighted by Gasteiger charge is -2.34. The topological polar surface area (TPSA) is 66.8 Å². The van der Waals surface area contributed by atoms with Crippen LogP contribution in [0.5, 0.6) is 5.75 Å². The van der Waals surface area contributed by atoms with E-state index < -0.39 is 12.0 Å². The van der Waals surface area contributed by atoms with Crippen LogP contribution in [0.3, 0.4) is 0 Å². The summed E-state index contributed by atoms with van der Waals surface area (Å²) < 4.78 is 5.47. The van der Waals surface area contributed by atoms with Gasteiger partial charge >= 0.3 is 5.97 Å². The normalized spacial score (nSPS) is 18.5. The van der Waals surface area contributed by atoms with Crippen molar-refractivity contribution in [1.82, 2.24) is 4.90 Å². The van der Waals surface area contributed by atoms with Crippen LogP contribution in [0.25, 0.3) is 0 Å². The van der Waals surface area contributed by atoms with Gasteiger partial charge in [0.25, 0.3) is 5.91 Å². The van der Waals surface area contributed by atoms with Gasteiger partial charge in [-0.25, -0.2) is 4.79 Å². The van der Waals surface area contributed by atoms with Gasteiger partial charge in [-0.15, -0.1) is 0 Å². The van der Waals surface area contributed by atoms with Crippen molar-refractivity contribution in [2.45, 2.75) is 25.4 Å². The van der Waals surface area contributed by atoms with Gasteiger partial charge in [0.15, 0.2) is 0 Å². The molecule has 0 aromatic heterocycles. The van der Waals surface area contributed by atoms with E-state index in [4.69, 9.17) is 4.74 Å². The molecule has 5 nitrogen and oxygen atoms in total. The second-order valence-electron chi connectivity index (χ2n) is 6.18. The Labute approximate surface area is 139 Å². The van der Waals surface area contributed by atoms with Crippen molar-refractivity contribution >= 4 is 11.9 Å². The second kappa shape index (κ2) is 5.67. The van der Waals surface area contributed by atoms with E-state index in [1.807, 2.05) is 30.3 Å². The summed E-state index contributed by atoms with van der Waals surface area (Å²) in [6, 6.07) is 12.2. The van der Waals surface area contributed by atoms with E-state index in [-0.39, 0.29) is 5.91 Å². The molecule has 1 amide bonds. The Hall–Kier alpha value is -2.82. The summed E-state index contributed by atoms with van der Waals surface area (Å²) in [4.78, 5) is 26.1. The zero-order valence-electron chi connectivity index (χ0n) is 13.1. The van der Waals surface area contributed by atoms with Crippen molar-refractivity contribution in [2.75, 3.05) is 6.61 Å². The fourth-order valence-electron chi connectivity index (χ4n) is 3.44. The third-order valence-corrected chi connectivity index (χ3v) is 4.73. The summed E-state index contributed by atoms with van der Waals surface area (Å²) in [5.41, 5.74) is 3.53. The van der Waals surface area contributed by atoms with E-state index in [0.717, 1.165) is 28.9 Å². The molecule has 0 spiro atoms. The van der Waals surface area contributed by atoms with Gasteiger partial charge in [-0.2, -0.15) is 0 Å². The minimum Gasteiger partial charge on any atom is -0.493 e. The first kappa shape index (κ1) is 14.8. The second-order valence-corrected chi connectivity index (χ2v) is 6.18. The predicted octanol–water partition coefficient (Wildman–Crippen LogP) is 2.27. The molecule has 0 saturated carbocycles. The van der Waals surface area contributed by atoms with Gasteiger partial charge in [0.1, 0.15) is 11.8 Å². The number of carboxylic acids is 1. The minimum absolute atomic E-state index is 0.244. The maximum atomic E-state index is 12.9. The number of aliphatic carboxylic acids is 1. The lowest BCUT2D eigenvalue weighted by atomic mass is 9.93. The van der Waals surface area contributed by atoms with E-state index in [2.05, 4.69) is 0 Å². The molecule has 1 N–H and O–H groups in total. The third kappa shape index (κ3) is 2.42. The molecule has 24 heavy (non-hydrogen) atoms. The number of benzene rings is 2. The number of hydrogen-bond acceptors (Lipinski definition) is 3. The number of ether oxygens (including phenoxy) is 1. The average Bonchev–Trinajstić information content (AvgIpc) is 3.07. The Morgan fingerprint density at radius 1 is 1.08 bits per heavy atom. The molecule has 1 unspecified atom stereocenters. The molecule has 2 aliphatic rings. The van der Waals surface area contributed by atoms with Gasteiger partial charge in [0.2, 0.25) is 0 Å². The fourth-order valence-corrected chi connectivity index (χ4v) is 3.44. The molecular weight excluding hydrogens is 306 g/mol. The van der Waals surface area contributed by atoms with Crippen LogP contribution in [0.4, 0.5) is 0 Å². The number of fused-ring (bicyclic) bond motifs is 2. The van der Waals surface area contributed by atoms with Gasteiger partial charge in [-0.05, 0) is 34.9 Å². The Kier molecular flexibility index (Phi) is 3.49. The Morgan fingerprint density at radius 3 is 2.67 bits per heavy atom. The van der Waals surface area contributed by atoms with E-state index in [1.54, 1.807) is 12.1 Å². The van der Waals surface area contributed by atoms with Crippen LogP contribution < -0.4 is 4.74 Å². The number of hydrogen-bond donors (Lipinski definition) is 1. The molecule has 0 saturated heterocycles. The molecule has 0 radical (unpaired) electrons. The van der Waals surface area contributed by atoms with Crippen LogP contribution in [0.2, 0.25) is 0 Å². The van der Waals surface area contributed by atoms with Crippen molar-refractivity contribution in [3.8, 4) is 5.75 Å². The first-order valence-corrected chi connectivity index (χ1v) is 8.00. The molecule has 2 aliphatic heterocycles. The summed E-state index contributed by atoms with van der Waals surface area (Å²) in [7, 11) is 0. The summed E-state index contributed by atoms with van der Waals surface area (Å²) in [5.74, 6) is -0.403. The van der Waals surface area contributed by atoms with E-state index >= 15 is 0 Å². The van der Waals surface area contributed by atoms with Gasteiger partial charge in [0, 0.05) is 24.9 Å². The van der Waals surface area contributed by atoms with Crippen LogP contribution >= 0.6 is 0 Å². The van der Waals surface area contributed by atoms with Gasteiger partial charge < -0.3 is 14.7 Å². The monoisotopic (exact) mass is 323 g/mol. The van der Waals surface area contributed by atoms with Crippen molar-refractivity contribution in [2.24, 2.45) is 0 Å². The van der Waals surface area contributed by atoms with Crippen LogP contribution in [-0.2, 0) is 24.2 Å². The van der Waals surface area contributed by atoms with Gasteiger partial charge in [-0.3, -0.25) is 4.79 Å². The van der Waals surface area contributed by atoms with Crippen LogP contribution in [0.1, 0.15) is 27.0 Å². The molecule has 2 heterocycles. The molecular formula is C19H17NO4. The molecule has 0 fully saturated rings. The standard InChI is InChI=1S/C19H17NO4/c21-18(14-5-6-17-13(9-14)7-8-24-17)20-11-15-4-2-1-3-12(15)10-16(20)19(22)23/h1-6,9,16H,7-8,10-11H2,(H,22,23). The SMILES string of the molecule is O=C(O)C1Cc2ccccc2CN1C(=O)c1ccc2c(c1)CCO2. The fraction of sp³-hybridized carbons (Fsp3) is 0.263. The molecule has 0 aliphatic carbocycles. The average molecular weight is 323 g/mol. The van der Waals surface area contributed by atoms with Gasteiger partial charge in [0.05, 0.1) is 6.61 Å². The lowest BCUT2D eigenvalue weighted by Crippen LogP contribution is -2.48. The van der Waals surface area contributed by atoms with E-state index in [1.165, 1.54) is 4.90 Å². The van der Waals surface area contributed by atoms with Gasteiger partial charge in [-0.1, -0.05) is 24.3 Å². The molecule has 0 bridgehead atoms. The quantitative estimate of drug-likeness (QED) is 0.921. The minimum atomic E-state index is -0.970. The van der Waals surface area contributed by atoms with Crippen LogP contribution in [0, 0.1) is 0 Å². The Balaban J connectivity index is 1.68. The number of carbonyl (C=O) groups excluding carboxylic acids is 1. The summed E-state index contributed by atoms with van der Waals surface area (Å²) in [6.07, 6.45) is 1.12. The first-order chi connectivity index (χ1) is 11.6. The number of nitrogens with zero attached hydrogens (tertiary/aromatic N) is 1. The first-order valence-electron chi connectivity index (χ1n) is 8.00. The number of carboxylic acid groups (broad SMARTS) is 1. The zero-order chi connectivity index (χ0) is 16.7. The number of carbonyl (C=O) groups is 2. The highest BCUT2D eigenvalue weighted by Gasteiger charge is 2.35. The third-order valence-electron chi connectivity index (χ3n) is 4.73. The highest BCUT2D eigenvalue weighted by atomic mass is 16.5. The molecule has 122 valence electrons. The smallest absolute Gasteiger partial charge is 0.326 e. The van der Waals surface area contributed by atoms with E-state index in [9.17, 15) is 14.7 Å². The highest BCUT2D eigenvalue weighted by molar-refractivity contribution is 5.97. The molecule has 2 aromatic carbocycles. The summed E-state index contributed by atoms with van der Waals surface area (Å²) >= 11 is 0. The molecule has 5 heteroatoms. The van der Waals surface area contributed by atoms with Crippen LogP contribution in [-0.4, -0.2) is 34.5 Å². The van der Waals surface area contributed by atoms with E-state index in [0.29, 0.717) is 25.1 Å². The van der Waals surface area contributed by atoms with Crippen molar-refractivity contribution in [3.05, 3.63) is 64.7 Å². The predicted molar refractivity (Wildman–Crippen MR) is 87.1 cm³/mol. The maximum absolute atomic E-state index is 12.9. The number of amides is 1. The van der Waals surface area contributed by atoms with Crippen molar-refractivity contribution in [3.63, 3.8) is 0 Å². The molecule has 1 atom stereocenters. The largest absolute Gasteiger partial charge is 0.493 e. The molecule has 4 rings (SSSR count). The Bertz CT molecular complexity index is 830. The maximum Gasteiger partial charge on any atom is 0.326 e. The van der Waals surface area contributed by atoms with Crippen LogP contribution in [0.15, 0.2) is 42.5 Å². The lowest BCUT2D eigenvalue weighted by molar-refractivity contribution is -0.142. The Morgan fingerprint density at radius 2 is 1.88 bits per heavy atom. The summed E-state index contributed by atoms with van der Waals surface area (Å²) in [5, 5.41) is 9.57. The summed E-state index contributed by atoms with van der Waals surface area (Å²) in [6.45, 7) is 0.946.